The van der Waals surface area contributed by atoms with Crippen molar-refractivity contribution in [3.63, 3.8) is 0 Å². The minimum atomic E-state index is -2.85. The quantitative estimate of drug-likeness (QED) is 0.814. The van der Waals surface area contributed by atoms with Crippen LogP contribution in [-0.4, -0.2) is 21.9 Å². The highest BCUT2D eigenvalue weighted by Gasteiger charge is 2.47. The first-order valence-electron chi connectivity index (χ1n) is 5.79. The van der Waals surface area contributed by atoms with Crippen molar-refractivity contribution < 1.29 is 23.5 Å². The van der Waals surface area contributed by atoms with Gasteiger partial charge in [0.15, 0.2) is 11.2 Å². The van der Waals surface area contributed by atoms with E-state index in [2.05, 4.69) is 0 Å². The minimum absolute atomic E-state index is 0.416. The molecule has 0 fully saturated rings. The normalized spacial score (nSPS) is 13.0. The molecule has 0 aromatic heterocycles. The standard InChI is InChI=1S/C13H17O5P/c1-12(2,17-10-8-6-5-7-9-10)11(14)13(3,4)18-19(15)16/h5-9H,1-4H3/p+1. The SMILES string of the molecule is CC(C)(Oc1ccccc1)C(=O)C(C)(C)O[P+](=O)O. The summed E-state index contributed by atoms with van der Waals surface area (Å²) in [5.74, 6) is 0.131. The number of ether oxygens (including phenoxy) is 1. The highest BCUT2D eigenvalue weighted by atomic mass is 31.1. The predicted octanol–water partition coefficient (Wildman–Crippen LogP) is 2.86. The Morgan fingerprint density at radius 3 is 2.11 bits per heavy atom. The van der Waals surface area contributed by atoms with Gasteiger partial charge in [-0.1, -0.05) is 18.2 Å². The zero-order valence-electron chi connectivity index (χ0n) is 11.4. The largest absolute Gasteiger partial charge is 0.695 e. The van der Waals surface area contributed by atoms with Crippen LogP contribution >= 0.6 is 8.25 Å². The van der Waals surface area contributed by atoms with E-state index in [0.717, 1.165) is 0 Å². The van der Waals surface area contributed by atoms with Crippen LogP contribution in [0.3, 0.4) is 0 Å². The third kappa shape index (κ3) is 4.39. The summed E-state index contributed by atoms with van der Waals surface area (Å²) >= 11 is 0. The maximum Gasteiger partial charge on any atom is 0.695 e. The molecule has 0 saturated heterocycles. The molecule has 1 N–H and O–H groups in total. The average molecular weight is 285 g/mol. The van der Waals surface area contributed by atoms with Crippen LogP contribution in [-0.2, 0) is 13.9 Å². The van der Waals surface area contributed by atoms with E-state index in [1.165, 1.54) is 13.8 Å². The van der Waals surface area contributed by atoms with Crippen molar-refractivity contribution in [2.45, 2.75) is 38.9 Å². The molecule has 5 nitrogen and oxygen atoms in total. The molecule has 6 heteroatoms. The van der Waals surface area contributed by atoms with Gasteiger partial charge in [0.25, 0.3) is 0 Å². The van der Waals surface area contributed by atoms with E-state index in [0.29, 0.717) is 5.75 Å². The van der Waals surface area contributed by atoms with Crippen LogP contribution in [0.15, 0.2) is 30.3 Å². The van der Waals surface area contributed by atoms with Crippen LogP contribution in [0.1, 0.15) is 27.7 Å². The highest BCUT2D eigenvalue weighted by molar-refractivity contribution is 7.32. The third-order valence-electron chi connectivity index (χ3n) is 2.52. The number of carbonyl (C=O) groups is 1. The van der Waals surface area contributed by atoms with E-state index in [1.807, 2.05) is 6.07 Å². The molecule has 0 heterocycles. The summed E-state index contributed by atoms with van der Waals surface area (Å²) in [4.78, 5) is 21.1. The molecule has 19 heavy (non-hydrogen) atoms. The number of hydrogen-bond donors (Lipinski definition) is 1. The molecule has 1 unspecified atom stereocenters. The van der Waals surface area contributed by atoms with Crippen LogP contribution < -0.4 is 4.74 Å². The van der Waals surface area contributed by atoms with Crippen molar-refractivity contribution in [1.82, 2.24) is 0 Å². The molecule has 0 aliphatic carbocycles. The first-order valence-corrected chi connectivity index (χ1v) is 6.92. The van der Waals surface area contributed by atoms with Crippen molar-refractivity contribution in [2.75, 3.05) is 0 Å². The second-order valence-corrected chi connectivity index (χ2v) is 5.75. The van der Waals surface area contributed by atoms with Crippen molar-refractivity contribution in [3.8, 4) is 5.75 Å². The minimum Gasteiger partial charge on any atom is -0.480 e. The molecule has 0 radical (unpaired) electrons. The average Bonchev–Trinajstić information content (AvgIpc) is 2.27. The lowest BCUT2D eigenvalue weighted by Gasteiger charge is -2.30. The number of ketones is 1. The summed E-state index contributed by atoms with van der Waals surface area (Å²) < 4.78 is 21.1. The molecule has 1 rings (SSSR count). The zero-order chi connectivity index (χ0) is 14.7. The van der Waals surface area contributed by atoms with E-state index >= 15 is 0 Å². The summed E-state index contributed by atoms with van der Waals surface area (Å²) in [5, 5.41) is 0. The molecule has 0 saturated carbocycles. The van der Waals surface area contributed by atoms with Gasteiger partial charge in [0.1, 0.15) is 5.75 Å². The molecule has 0 aliphatic heterocycles. The molecule has 0 spiro atoms. The summed E-state index contributed by atoms with van der Waals surface area (Å²) in [6.07, 6.45) is 0. The molecular formula is C13H18O5P+. The Labute approximate surface area is 113 Å². The van der Waals surface area contributed by atoms with Gasteiger partial charge in [-0.2, -0.15) is 0 Å². The van der Waals surface area contributed by atoms with Gasteiger partial charge in [0.05, 0.1) is 0 Å². The lowest BCUT2D eigenvalue weighted by molar-refractivity contribution is -0.145. The van der Waals surface area contributed by atoms with Gasteiger partial charge in [-0.3, -0.25) is 4.79 Å². The monoisotopic (exact) mass is 285 g/mol. The Bertz CT molecular complexity index is 467. The van der Waals surface area contributed by atoms with Crippen LogP contribution in [0.4, 0.5) is 0 Å². The number of benzene rings is 1. The summed E-state index contributed by atoms with van der Waals surface area (Å²) in [6.45, 7) is 6.07. The fourth-order valence-corrected chi connectivity index (χ4v) is 2.26. The Morgan fingerprint density at radius 2 is 1.63 bits per heavy atom. The number of carbonyl (C=O) groups excluding carboxylic acids is 1. The van der Waals surface area contributed by atoms with Crippen LogP contribution in [0, 0.1) is 0 Å². The van der Waals surface area contributed by atoms with Crippen molar-refractivity contribution in [2.24, 2.45) is 0 Å². The van der Waals surface area contributed by atoms with E-state index < -0.39 is 25.2 Å². The van der Waals surface area contributed by atoms with Gasteiger partial charge >= 0.3 is 8.25 Å². The molecule has 104 valence electrons. The second-order valence-electron chi connectivity index (χ2n) is 5.09. The van der Waals surface area contributed by atoms with Gasteiger partial charge < -0.3 is 4.74 Å². The molecule has 0 bridgehead atoms. The smallest absolute Gasteiger partial charge is 0.480 e. The summed E-state index contributed by atoms with van der Waals surface area (Å²) in [5.41, 5.74) is -2.57. The zero-order valence-corrected chi connectivity index (χ0v) is 12.3. The van der Waals surface area contributed by atoms with Gasteiger partial charge in [-0.25, -0.2) is 0 Å². The van der Waals surface area contributed by atoms with Crippen LogP contribution in [0.25, 0.3) is 0 Å². The van der Waals surface area contributed by atoms with Gasteiger partial charge in [0, 0.05) is 4.57 Å². The maximum atomic E-state index is 12.3. The van der Waals surface area contributed by atoms with E-state index in [4.69, 9.17) is 14.2 Å². The first kappa shape index (κ1) is 15.8. The topological polar surface area (TPSA) is 72.8 Å². The van der Waals surface area contributed by atoms with E-state index in [-0.39, 0.29) is 0 Å². The molecule has 1 aromatic rings. The Kier molecular flexibility index (Phi) is 4.80. The predicted molar refractivity (Wildman–Crippen MR) is 71.1 cm³/mol. The Morgan fingerprint density at radius 1 is 1.11 bits per heavy atom. The molecule has 1 atom stereocenters. The lowest BCUT2D eigenvalue weighted by Crippen LogP contribution is -2.50. The molecule has 0 aliphatic rings. The fourth-order valence-electron chi connectivity index (χ4n) is 1.79. The molecule has 1 aromatic carbocycles. The maximum absolute atomic E-state index is 12.3. The Hall–Kier alpha value is -1.29. The summed E-state index contributed by atoms with van der Waals surface area (Å²) in [6, 6.07) is 8.89. The van der Waals surface area contributed by atoms with E-state index in [1.54, 1.807) is 38.1 Å². The summed E-state index contributed by atoms with van der Waals surface area (Å²) in [7, 11) is -2.85. The van der Waals surface area contributed by atoms with Crippen LogP contribution in [0.5, 0.6) is 5.75 Å². The molecule has 0 amide bonds. The number of hydrogen-bond acceptors (Lipinski definition) is 4. The first-order chi connectivity index (χ1) is 8.65. The van der Waals surface area contributed by atoms with E-state index in [9.17, 15) is 9.36 Å². The molecular weight excluding hydrogens is 267 g/mol. The van der Waals surface area contributed by atoms with Gasteiger partial charge in [0.2, 0.25) is 5.78 Å². The van der Waals surface area contributed by atoms with Crippen molar-refractivity contribution in [1.29, 1.82) is 0 Å². The van der Waals surface area contributed by atoms with Crippen LogP contribution in [0.2, 0.25) is 0 Å². The van der Waals surface area contributed by atoms with Gasteiger partial charge in [-0.15, -0.1) is 9.42 Å². The van der Waals surface area contributed by atoms with Crippen molar-refractivity contribution in [3.05, 3.63) is 30.3 Å². The highest BCUT2D eigenvalue weighted by Crippen LogP contribution is 2.31. The second kappa shape index (κ2) is 5.78. The fraction of sp³-hybridized carbons (Fsp3) is 0.462. The third-order valence-corrected chi connectivity index (χ3v) is 3.13. The van der Waals surface area contributed by atoms with Crippen molar-refractivity contribution >= 4 is 14.0 Å². The number of rotatable bonds is 6. The van der Waals surface area contributed by atoms with Gasteiger partial charge in [-0.05, 0) is 39.8 Å². The number of Topliss-reactive ketones (excluding diaryl/α,β-unsaturated/α-hetero) is 1. The Balaban J connectivity index is 2.87. The number of para-hydroxylation sites is 1. The lowest BCUT2D eigenvalue weighted by atomic mass is 9.90.